The molecule has 0 bridgehead atoms. The fraction of sp³-hybridized carbons (Fsp3) is 0.300. The van der Waals surface area contributed by atoms with Crippen LogP contribution in [0.25, 0.3) is 0 Å². The van der Waals surface area contributed by atoms with Crippen molar-refractivity contribution in [1.29, 1.82) is 0 Å². The van der Waals surface area contributed by atoms with Crippen molar-refractivity contribution in [2.75, 3.05) is 24.7 Å². The highest BCUT2D eigenvalue weighted by Crippen LogP contribution is 2.36. The van der Waals surface area contributed by atoms with Crippen molar-refractivity contribution >= 4 is 17.6 Å². The van der Waals surface area contributed by atoms with Crippen LogP contribution in [0, 0.1) is 11.7 Å². The molecule has 6 nitrogen and oxygen atoms in total. The molecule has 2 aliphatic heterocycles. The van der Waals surface area contributed by atoms with E-state index in [9.17, 15) is 14.0 Å². The summed E-state index contributed by atoms with van der Waals surface area (Å²) in [6, 6.07) is 11.4. The largest absolute Gasteiger partial charge is 0.486 e. The second-order valence-electron chi connectivity index (χ2n) is 6.43. The summed E-state index contributed by atoms with van der Waals surface area (Å²) in [5, 5.41) is 0. The van der Waals surface area contributed by atoms with E-state index in [0.29, 0.717) is 36.0 Å². The van der Waals surface area contributed by atoms with Crippen molar-refractivity contribution in [3.63, 3.8) is 0 Å². The van der Waals surface area contributed by atoms with E-state index < -0.39 is 17.7 Å². The minimum Gasteiger partial charge on any atom is -0.486 e. The Kier molecular flexibility index (Phi) is 4.66. The first-order valence-electron chi connectivity index (χ1n) is 8.72. The Morgan fingerprint density at radius 2 is 1.93 bits per heavy atom. The summed E-state index contributed by atoms with van der Waals surface area (Å²) in [5.41, 5.74) is 0.951. The maximum Gasteiger partial charge on any atom is 0.311 e. The van der Waals surface area contributed by atoms with E-state index >= 15 is 0 Å². The standard InChI is InChI=1S/C20H18FNO5/c21-16-4-2-1-3-13(16)12-27-20(24)14-9-19(23)22(11-14)15-5-6-17-18(10-15)26-8-7-25-17/h1-6,10,14H,7-9,11-12H2/t14-/m0/s1. The lowest BCUT2D eigenvalue weighted by molar-refractivity contribution is -0.149. The van der Waals surface area contributed by atoms with Gasteiger partial charge in [-0.25, -0.2) is 4.39 Å². The summed E-state index contributed by atoms with van der Waals surface area (Å²) in [5.74, 6) is -0.469. The van der Waals surface area contributed by atoms with Gasteiger partial charge in [0.1, 0.15) is 25.6 Å². The average molecular weight is 371 g/mol. The summed E-state index contributed by atoms with van der Waals surface area (Å²) >= 11 is 0. The van der Waals surface area contributed by atoms with Gasteiger partial charge in [-0.1, -0.05) is 18.2 Å². The predicted octanol–water partition coefficient (Wildman–Crippen LogP) is 2.69. The second kappa shape index (κ2) is 7.26. The van der Waals surface area contributed by atoms with Crippen LogP contribution in [0.15, 0.2) is 42.5 Å². The lowest BCUT2D eigenvalue weighted by Gasteiger charge is -2.22. The van der Waals surface area contributed by atoms with Crippen LogP contribution in [0.2, 0.25) is 0 Å². The van der Waals surface area contributed by atoms with Gasteiger partial charge in [-0.15, -0.1) is 0 Å². The van der Waals surface area contributed by atoms with Crippen LogP contribution >= 0.6 is 0 Å². The first-order valence-corrected chi connectivity index (χ1v) is 8.72. The van der Waals surface area contributed by atoms with Crippen molar-refractivity contribution < 1.29 is 28.2 Å². The van der Waals surface area contributed by atoms with Crippen LogP contribution in [-0.2, 0) is 20.9 Å². The number of ether oxygens (including phenoxy) is 3. The van der Waals surface area contributed by atoms with Crippen LogP contribution in [0.1, 0.15) is 12.0 Å². The molecule has 140 valence electrons. The zero-order valence-corrected chi connectivity index (χ0v) is 14.5. The number of anilines is 1. The number of hydrogen-bond acceptors (Lipinski definition) is 5. The zero-order valence-electron chi connectivity index (χ0n) is 14.5. The maximum absolute atomic E-state index is 13.6. The number of hydrogen-bond donors (Lipinski definition) is 0. The Morgan fingerprint density at radius 1 is 1.15 bits per heavy atom. The molecule has 2 aromatic carbocycles. The Bertz CT molecular complexity index is 884. The van der Waals surface area contributed by atoms with E-state index in [1.54, 1.807) is 36.4 Å². The normalized spacial score (nSPS) is 18.5. The number of nitrogens with zero attached hydrogens (tertiary/aromatic N) is 1. The Labute approximate surface area is 155 Å². The fourth-order valence-electron chi connectivity index (χ4n) is 3.20. The predicted molar refractivity (Wildman–Crippen MR) is 94.1 cm³/mol. The van der Waals surface area contributed by atoms with Gasteiger partial charge in [0, 0.05) is 30.3 Å². The van der Waals surface area contributed by atoms with Gasteiger partial charge in [-0.05, 0) is 18.2 Å². The topological polar surface area (TPSA) is 65.1 Å². The highest BCUT2D eigenvalue weighted by atomic mass is 19.1. The molecular formula is C20H18FNO5. The number of amides is 1. The first-order chi connectivity index (χ1) is 13.1. The van der Waals surface area contributed by atoms with E-state index in [2.05, 4.69) is 0 Å². The number of carbonyl (C=O) groups is 2. The van der Waals surface area contributed by atoms with E-state index in [1.807, 2.05) is 0 Å². The van der Waals surface area contributed by atoms with Crippen LogP contribution in [0.4, 0.5) is 10.1 Å². The third-order valence-corrected chi connectivity index (χ3v) is 4.62. The van der Waals surface area contributed by atoms with Crippen LogP contribution in [0.5, 0.6) is 11.5 Å². The molecule has 1 amide bonds. The molecule has 0 aliphatic carbocycles. The molecule has 2 aliphatic rings. The molecule has 1 atom stereocenters. The van der Waals surface area contributed by atoms with Gasteiger partial charge in [0.15, 0.2) is 11.5 Å². The molecule has 2 heterocycles. The van der Waals surface area contributed by atoms with Gasteiger partial charge in [0.05, 0.1) is 5.92 Å². The molecular weight excluding hydrogens is 353 g/mol. The van der Waals surface area contributed by atoms with Gasteiger partial charge in [-0.3, -0.25) is 9.59 Å². The van der Waals surface area contributed by atoms with Crippen molar-refractivity contribution in [3.05, 3.63) is 53.8 Å². The zero-order chi connectivity index (χ0) is 18.8. The fourth-order valence-corrected chi connectivity index (χ4v) is 3.20. The lowest BCUT2D eigenvalue weighted by Crippen LogP contribution is -2.26. The molecule has 2 aromatic rings. The molecule has 4 rings (SSSR count). The molecule has 0 saturated carbocycles. The van der Waals surface area contributed by atoms with E-state index in [4.69, 9.17) is 14.2 Å². The third-order valence-electron chi connectivity index (χ3n) is 4.62. The summed E-state index contributed by atoms with van der Waals surface area (Å²) in [6.45, 7) is 1.01. The van der Waals surface area contributed by atoms with Crippen molar-refractivity contribution in [3.8, 4) is 11.5 Å². The molecule has 0 spiro atoms. The third kappa shape index (κ3) is 3.58. The summed E-state index contributed by atoms with van der Waals surface area (Å²) in [4.78, 5) is 26.2. The van der Waals surface area contributed by atoms with Crippen LogP contribution in [-0.4, -0.2) is 31.6 Å². The number of rotatable bonds is 4. The maximum atomic E-state index is 13.6. The number of fused-ring (bicyclic) bond motifs is 1. The SMILES string of the molecule is O=C(OCc1ccccc1F)[C@H]1CC(=O)N(c2ccc3c(c2)OCCO3)C1. The number of benzene rings is 2. The molecule has 27 heavy (non-hydrogen) atoms. The summed E-state index contributed by atoms with van der Waals surface area (Å²) < 4.78 is 29.9. The lowest BCUT2D eigenvalue weighted by atomic mass is 10.1. The summed E-state index contributed by atoms with van der Waals surface area (Å²) in [6.07, 6.45) is 0.0601. The van der Waals surface area contributed by atoms with Gasteiger partial charge in [0.2, 0.25) is 5.91 Å². The minimum absolute atomic E-state index is 0.0601. The van der Waals surface area contributed by atoms with Crippen molar-refractivity contribution in [2.45, 2.75) is 13.0 Å². The van der Waals surface area contributed by atoms with E-state index in [0.717, 1.165) is 0 Å². The highest BCUT2D eigenvalue weighted by Gasteiger charge is 2.36. The molecule has 0 aromatic heterocycles. The van der Waals surface area contributed by atoms with Crippen LogP contribution in [0.3, 0.4) is 0 Å². The van der Waals surface area contributed by atoms with E-state index in [1.165, 1.54) is 11.0 Å². The average Bonchev–Trinajstić information content (AvgIpc) is 3.08. The van der Waals surface area contributed by atoms with Gasteiger partial charge in [-0.2, -0.15) is 0 Å². The number of halogens is 1. The molecule has 0 N–H and O–H groups in total. The first kappa shape index (κ1) is 17.3. The Balaban J connectivity index is 1.41. The van der Waals surface area contributed by atoms with Crippen molar-refractivity contribution in [1.82, 2.24) is 0 Å². The second-order valence-corrected chi connectivity index (χ2v) is 6.43. The van der Waals surface area contributed by atoms with Crippen LogP contribution < -0.4 is 14.4 Å². The number of carbonyl (C=O) groups excluding carboxylic acids is 2. The van der Waals surface area contributed by atoms with Crippen molar-refractivity contribution in [2.24, 2.45) is 5.92 Å². The monoisotopic (exact) mass is 371 g/mol. The van der Waals surface area contributed by atoms with E-state index in [-0.39, 0.29) is 25.5 Å². The van der Waals surface area contributed by atoms with Gasteiger partial charge in [0.25, 0.3) is 0 Å². The molecule has 1 saturated heterocycles. The Morgan fingerprint density at radius 3 is 2.74 bits per heavy atom. The molecule has 1 fully saturated rings. The smallest absolute Gasteiger partial charge is 0.311 e. The molecule has 7 heteroatoms. The molecule has 0 radical (unpaired) electrons. The number of esters is 1. The quantitative estimate of drug-likeness (QED) is 0.774. The molecule has 0 unspecified atom stereocenters. The highest BCUT2D eigenvalue weighted by molar-refractivity contribution is 5.99. The van der Waals surface area contributed by atoms with Gasteiger partial charge >= 0.3 is 5.97 Å². The Hall–Kier alpha value is -3.09. The summed E-state index contributed by atoms with van der Waals surface area (Å²) in [7, 11) is 0. The van der Waals surface area contributed by atoms with Gasteiger partial charge < -0.3 is 19.1 Å². The minimum atomic E-state index is -0.586.